The van der Waals surface area contributed by atoms with Crippen molar-refractivity contribution < 1.29 is 10.2 Å². The van der Waals surface area contributed by atoms with Gasteiger partial charge in [-0.05, 0) is 6.92 Å². The first-order chi connectivity index (χ1) is 1.73. The Morgan fingerprint density at radius 2 is 1.50 bits per heavy atom. The highest BCUT2D eigenvalue weighted by molar-refractivity contribution is 4.00. The molecule has 2 heteroatoms. The first-order valence-corrected chi connectivity index (χ1v) is 1.05. The molecular weight excluding hydrogens is 56.0 g/mol. The van der Waals surface area contributed by atoms with Crippen LogP contribution in [-0.2, 0) is 10.2 Å². The molecule has 0 aliphatic heterocycles. The van der Waals surface area contributed by atoms with Crippen molar-refractivity contribution >= 4 is 0 Å². The summed E-state index contributed by atoms with van der Waals surface area (Å²) < 4.78 is 0. The lowest BCUT2D eigenvalue weighted by molar-refractivity contribution is -0.121. The third kappa shape index (κ3) is 254. The molecule has 0 aliphatic carbocycles. The minimum absolute atomic E-state index is 1.06. The van der Waals surface area contributed by atoms with Crippen LogP contribution in [0.5, 0.6) is 0 Å². The van der Waals surface area contributed by atoms with Crippen LogP contribution in [0.25, 0.3) is 0 Å². The van der Waals surface area contributed by atoms with Crippen LogP contribution in [0, 0.1) is 0 Å². The molecule has 0 aliphatic rings. The molecule has 0 saturated carbocycles. The first-order valence-electron chi connectivity index (χ1n) is 1.05. The monoisotopic (exact) mass is 60.0 g/mol. The van der Waals surface area contributed by atoms with Crippen molar-refractivity contribution in [2.24, 2.45) is 0 Å². The first kappa shape index (κ1) is 3.92. The maximum absolute atomic E-state index is 8.97. The standard InChI is InChI=1S/C2H4O2/c1-2(3)4/h2H,1H3. The Balaban J connectivity index is 2.32. The molecule has 2 nitrogen and oxygen atoms in total. The smallest absolute Gasteiger partial charge is 0.199 e. The lowest BCUT2D eigenvalue weighted by Crippen LogP contribution is -1.86. The molecule has 0 aromatic carbocycles. The molecule has 0 saturated heterocycles. The van der Waals surface area contributed by atoms with E-state index in [1.54, 1.807) is 0 Å². The highest BCUT2D eigenvalue weighted by Crippen LogP contribution is 1.62. The van der Waals surface area contributed by atoms with Gasteiger partial charge in [0.1, 0.15) is 0 Å². The van der Waals surface area contributed by atoms with Crippen molar-refractivity contribution in [3.05, 3.63) is 0 Å². The molecule has 0 spiro atoms. The van der Waals surface area contributed by atoms with Crippen LogP contribution < -0.4 is 0 Å². The Kier molecular flexibility index (Phi) is 1.24. The summed E-state index contributed by atoms with van der Waals surface area (Å²) in [5, 5.41) is 17.9. The fourth-order valence-corrected chi connectivity index (χ4v) is 0. The molecule has 0 aromatic rings. The van der Waals surface area contributed by atoms with Crippen molar-refractivity contribution in [3.8, 4) is 0 Å². The SMILES string of the molecule is CC([O])[O]. The summed E-state index contributed by atoms with van der Waals surface area (Å²) in [6.07, 6.45) is -1.67. The second-order valence-electron chi connectivity index (χ2n) is 0.568. The van der Waals surface area contributed by atoms with Gasteiger partial charge in [-0.1, -0.05) is 0 Å². The van der Waals surface area contributed by atoms with Gasteiger partial charge in [-0.3, -0.25) is 0 Å². The van der Waals surface area contributed by atoms with E-state index < -0.39 is 6.29 Å². The normalized spacial score (nSPS) is 9.00. The van der Waals surface area contributed by atoms with E-state index in [2.05, 4.69) is 0 Å². The van der Waals surface area contributed by atoms with Gasteiger partial charge in [-0.2, -0.15) is 10.2 Å². The van der Waals surface area contributed by atoms with Gasteiger partial charge < -0.3 is 0 Å². The van der Waals surface area contributed by atoms with Crippen LogP contribution in [0.15, 0.2) is 0 Å². The zero-order chi connectivity index (χ0) is 3.58. The van der Waals surface area contributed by atoms with Crippen molar-refractivity contribution in [1.29, 1.82) is 0 Å². The van der Waals surface area contributed by atoms with Gasteiger partial charge in [0.05, 0.1) is 0 Å². The van der Waals surface area contributed by atoms with Gasteiger partial charge in [-0.25, -0.2) is 0 Å². The van der Waals surface area contributed by atoms with Gasteiger partial charge in [0.2, 0.25) is 6.29 Å². The zero-order valence-corrected chi connectivity index (χ0v) is 2.39. The Morgan fingerprint density at radius 1 is 1.50 bits per heavy atom. The molecular formula is C2H4O2. The number of hydrogen-bond acceptors (Lipinski definition) is 0. The van der Waals surface area contributed by atoms with Crippen molar-refractivity contribution in [3.63, 3.8) is 0 Å². The largest absolute Gasteiger partial charge is 0.221 e. The molecule has 0 rings (SSSR count). The molecule has 0 unspecified atom stereocenters. The molecule has 4 heavy (non-hydrogen) atoms. The van der Waals surface area contributed by atoms with Crippen LogP contribution in [0.2, 0.25) is 0 Å². The average molecular weight is 60.1 g/mol. The van der Waals surface area contributed by atoms with E-state index in [0.717, 1.165) is 6.92 Å². The zero-order valence-electron chi connectivity index (χ0n) is 2.39. The second-order valence-corrected chi connectivity index (χ2v) is 0.568. The van der Waals surface area contributed by atoms with Crippen LogP contribution in [-0.4, -0.2) is 6.29 Å². The maximum atomic E-state index is 8.97. The highest BCUT2D eigenvalue weighted by atomic mass is 16.5. The minimum atomic E-state index is -1.67. The predicted octanol–water partition coefficient (Wildman–Crippen LogP) is 0.193. The van der Waals surface area contributed by atoms with Gasteiger partial charge in [0.25, 0.3) is 0 Å². The van der Waals surface area contributed by atoms with Crippen molar-refractivity contribution in [1.82, 2.24) is 0 Å². The second kappa shape index (κ2) is 1.26. The van der Waals surface area contributed by atoms with Gasteiger partial charge in [-0.15, -0.1) is 0 Å². The molecule has 0 bridgehead atoms. The van der Waals surface area contributed by atoms with Crippen LogP contribution >= 0.6 is 0 Å². The maximum Gasteiger partial charge on any atom is 0.221 e. The van der Waals surface area contributed by atoms with E-state index >= 15 is 0 Å². The average Bonchev–Trinajstić information content (AvgIpc) is 0.811. The summed E-state index contributed by atoms with van der Waals surface area (Å²) >= 11 is 0. The summed E-state index contributed by atoms with van der Waals surface area (Å²) in [4.78, 5) is 0. The fourth-order valence-electron chi connectivity index (χ4n) is 0. The van der Waals surface area contributed by atoms with E-state index in [0.29, 0.717) is 0 Å². The Bertz CT molecular complexity index is 8.75. The van der Waals surface area contributed by atoms with E-state index in [-0.39, 0.29) is 0 Å². The molecule has 2 radical (unpaired) electrons. The van der Waals surface area contributed by atoms with E-state index in [1.807, 2.05) is 0 Å². The Morgan fingerprint density at radius 3 is 1.50 bits per heavy atom. The third-order valence-corrected chi connectivity index (χ3v) is 0. The van der Waals surface area contributed by atoms with Gasteiger partial charge in [0.15, 0.2) is 0 Å². The van der Waals surface area contributed by atoms with Crippen LogP contribution in [0.4, 0.5) is 0 Å². The van der Waals surface area contributed by atoms with Gasteiger partial charge in [0, 0.05) is 0 Å². The van der Waals surface area contributed by atoms with Gasteiger partial charge >= 0.3 is 0 Å². The lowest BCUT2D eigenvalue weighted by atomic mass is 10.8. The summed E-state index contributed by atoms with van der Waals surface area (Å²) in [7, 11) is 0. The molecule has 0 heterocycles. The minimum Gasteiger partial charge on any atom is -0.199 e. The Hall–Kier alpha value is -0.0800. The highest BCUT2D eigenvalue weighted by Gasteiger charge is 1.79. The quantitative estimate of drug-likeness (QED) is 0.358. The van der Waals surface area contributed by atoms with E-state index in [9.17, 15) is 0 Å². The van der Waals surface area contributed by atoms with E-state index in [4.69, 9.17) is 10.2 Å². The molecule has 0 atom stereocenters. The molecule has 0 amide bonds. The number of rotatable bonds is 0. The summed E-state index contributed by atoms with van der Waals surface area (Å²) in [6, 6.07) is 0. The lowest BCUT2D eigenvalue weighted by Gasteiger charge is -1.70. The van der Waals surface area contributed by atoms with Crippen LogP contribution in [0.1, 0.15) is 6.92 Å². The summed E-state index contributed by atoms with van der Waals surface area (Å²) in [5.74, 6) is 0. The number of hydrogen-bond donors (Lipinski definition) is 0. The predicted molar refractivity (Wildman–Crippen MR) is 10.8 cm³/mol. The van der Waals surface area contributed by atoms with E-state index in [1.165, 1.54) is 0 Å². The summed E-state index contributed by atoms with van der Waals surface area (Å²) in [5.41, 5.74) is 0. The van der Waals surface area contributed by atoms with Crippen molar-refractivity contribution in [2.45, 2.75) is 13.2 Å². The fraction of sp³-hybridized carbons (Fsp3) is 1.00. The molecule has 0 aromatic heterocycles. The summed E-state index contributed by atoms with van der Waals surface area (Å²) in [6.45, 7) is 1.06. The molecule has 24 valence electrons. The topological polar surface area (TPSA) is 39.8 Å². The molecule has 0 N–H and O–H groups in total. The molecule has 0 fully saturated rings. The third-order valence-electron chi connectivity index (χ3n) is 0. The van der Waals surface area contributed by atoms with Crippen molar-refractivity contribution in [2.75, 3.05) is 0 Å². The van der Waals surface area contributed by atoms with Crippen LogP contribution in [0.3, 0.4) is 0 Å². The Labute approximate surface area is 24.7 Å².